The zero-order valence-corrected chi connectivity index (χ0v) is 8.71. The van der Waals surface area contributed by atoms with Crippen LogP contribution in [0.25, 0.3) is 11.0 Å². The van der Waals surface area contributed by atoms with Crippen LogP contribution in [0, 0.1) is 0 Å². The van der Waals surface area contributed by atoms with Crippen LogP contribution in [-0.2, 0) is 4.79 Å². The number of fused-ring (bicyclic) bond motifs is 1. The number of carbonyl (C=O) groups is 1. The molecule has 0 atom stereocenters. The lowest BCUT2D eigenvalue weighted by atomic mass is 10.3. The van der Waals surface area contributed by atoms with Gasteiger partial charge in [0.1, 0.15) is 12.1 Å². The zero-order chi connectivity index (χ0) is 11.5. The summed E-state index contributed by atoms with van der Waals surface area (Å²) >= 11 is 0. The Kier molecular flexibility index (Phi) is 2.67. The Morgan fingerprint density at radius 1 is 1.56 bits per heavy atom. The molecule has 7 heteroatoms. The van der Waals surface area contributed by atoms with Gasteiger partial charge in [-0.05, 0) is 0 Å². The van der Waals surface area contributed by atoms with Crippen molar-refractivity contribution < 1.29 is 9.90 Å². The van der Waals surface area contributed by atoms with E-state index in [9.17, 15) is 4.79 Å². The lowest BCUT2D eigenvalue weighted by Crippen LogP contribution is -2.22. The molecule has 2 heterocycles. The maximum absolute atomic E-state index is 10.5. The molecule has 2 rings (SSSR count). The van der Waals surface area contributed by atoms with Crippen molar-refractivity contribution in [1.29, 1.82) is 0 Å². The van der Waals surface area contributed by atoms with Gasteiger partial charge in [-0.2, -0.15) is 5.10 Å². The van der Waals surface area contributed by atoms with E-state index in [4.69, 9.17) is 5.11 Å². The van der Waals surface area contributed by atoms with Gasteiger partial charge in [-0.3, -0.25) is 9.89 Å². The van der Waals surface area contributed by atoms with Crippen LogP contribution in [0.3, 0.4) is 0 Å². The minimum atomic E-state index is -0.829. The number of hydrogen-bond acceptors (Lipinski definition) is 5. The molecule has 0 aliphatic carbocycles. The molecular weight excluding hydrogens is 210 g/mol. The number of hydrogen-bond donors (Lipinski definition) is 2. The van der Waals surface area contributed by atoms with Gasteiger partial charge in [0.15, 0.2) is 5.65 Å². The number of carboxylic acid groups (broad SMARTS) is 1. The number of H-pyrrole nitrogens is 1. The van der Waals surface area contributed by atoms with Crippen molar-refractivity contribution in [2.75, 3.05) is 18.5 Å². The van der Waals surface area contributed by atoms with Crippen LogP contribution in [-0.4, -0.2) is 44.8 Å². The van der Waals surface area contributed by atoms with Gasteiger partial charge in [-0.1, -0.05) is 0 Å². The van der Waals surface area contributed by atoms with E-state index in [1.165, 1.54) is 6.33 Å². The van der Waals surface area contributed by atoms with E-state index in [-0.39, 0.29) is 6.42 Å². The van der Waals surface area contributed by atoms with Gasteiger partial charge < -0.3 is 10.0 Å². The summed E-state index contributed by atoms with van der Waals surface area (Å²) in [7, 11) is 1.79. The van der Waals surface area contributed by atoms with Crippen molar-refractivity contribution in [2.45, 2.75) is 6.42 Å². The number of aliphatic carboxylic acids is 1. The molecule has 0 fully saturated rings. The van der Waals surface area contributed by atoms with E-state index < -0.39 is 5.97 Å². The molecule has 0 radical (unpaired) electrons. The van der Waals surface area contributed by atoms with Crippen molar-refractivity contribution in [2.24, 2.45) is 0 Å². The fourth-order valence-corrected chi connectivity index (χ4v) is 1.43. The molecule has 0 spiro atoms. The number of rotatable bonds is 4. The van der Waals surface area contributed by atoms with Gasteiger partial charge in [-0.25, -0.2) is 9.97 Å². The van der Waals surface area contributed by atoms with Gasteiger partial charge in [0.05, 0.1) is 18.0 Å². The summed E-state index contributed by atoms with van der Waals surface area (Å²) in [5.74, 6) is -0.149. The summed E-state index contributed by atoms with van der Waals surface area (Å²) in [6, 6.07) is 0. The molecule has 0 aliphatic heterocycles. The highest BCUT2D eigenvalue weighted by molar-refractivity contribution is 5.86. The van der Waals surface area contributed by atoms with Crippen LogP contribution in [0.4, 0.5) is 5.82 Å². The molecule has 0 bridgehead atoms. The van der Waals surface area contributed by atoms with E-state index in [1.807, 2.05) is 0 Å². The van der Waals surface area contributed by atoms with E-state index in [1.54, 1.807) is 18.1 Å². The summed E-state index contributed by atoms with van der Waals surface area (Å²) in [4.78, 5) is 20.4. The highest BCUT2D eigenvalue weighted by Crippen LogP contribution is 2.19. The molecule has 84 valence electrons. The molecule has 2 N–H and O–H groups in total. The summed E-state index contributed by atoms with van der Waals surface area (Å²) in [6.45, 7) is 0.395. The normalized spacial score (nSPS) is 10.6. The molecule has 0 aliphatic rings. The monoisotopic (exact) mass is 221 g/mol. The minimum Gasteiger partial charge on any atom is -0.481 e. The third-order valence-corrected chi connectivity index (χ3v) is 2.25. The van der Waals surface area contributed by atoms with Crippen molar-refractivity contribution in [1.82, 2.24) is 20.2 Å². The number of aromatic nitrogens is 4. The molecule has 16 heavy (non-hydrogen) atoms. The van der Waals surface area contributed by atoms with Gasteiger partial charge in [-0.15, -0.1) is 0 Å². The Morgan fingerprint density at radius 3 is 3.12 bits per heavy atom. The Labute approximate surface area is 91.1 Å². The van der Waals surface area contributed by atoms with Crippen LogP contribution in [0.2, 0.25) is 0 Å². The van der Waals surface area contributed by atoms with Gasteiger partial charge in [0, 0.05) is 13.6 Å². The predicted octanol–water partition coefficient (Wildman–Crippen LogP) is 0.264. The molecule has 2 aromatic rings. The lowest BCUT2D eigenvalue weighted by Gasteiger charge is -2.16. The maximum atomic E-state index is 10.5. The molecule has 0 saturated carbocycles. The second kappa shape index (κ2) is 4.13. The van der Waals surface area contributed by atoms with Crippen molar-refractivity contribution in [3.05, 3.63) is 12.5 Å². The standard InChI is InChI=1S/C9H11N5O2/c1-14(3-2-7(15)16)9-6-4-12-13-8(6)10-5-11-9/h4-5H,2-3H2,1H3,(H,15,16)(H,10,11,12,13). The van der Waals surface area contributed by atoms with E-state index in [2.05, 4.69) is 20.2 Å². The summed E-state index contributed by atoms with van der Waals surface area (Å²) < 4.78 is 0. The second-order valence-electron chi connectivity index (χ2n) is 3.39. The highest BCUT2D eigenvalue weighted by Gasteiger charge is 2.10. The fraction of sp³-hybridized carbons (Fsp3) is 0.333. The molecule has 7 nitrogen and oxygen atoms in total. The van der Waals surface area contributed by atoms with Gasteiger partial charge in [0.25, 0.3) is 0 Å². The fourth-order valence-electron chi connectivity index (χ4n) is 1.43. The van der Waals surface area contributed by atoms with Crippen LogP contribution in [0.15, 0.2) is 12.5 Å². The topological polar surface area (TPSA) is 95.0 Å². The first kappa shape index (κ1) is 10.3. The van der Waals surface area contributed by atoms with E-state index in [0.29, 0.717) is 18.0 Å². The first-order valence-corrected chi connectivity index (χ1v) is 4.75. The Balaban J connectivity index is 2.25. The first-order chi connectivity index (χ1) is 7.68. The number of aromatic amines is 1. The van der Waals surface area contributed by atoms with Gasteiger partial charge >= 0.3 is 5.97 Å². The van der Waals surface area contributed by atoms with Gasteiger partial charge in [0.2, 0.25) is 0 Å². The number of nitrogens with one attached hydrogen (secondary N) is 1. The lowest BCUT2D eigenvalue weighted by molar-refractivity contribution is -0.136. The Hall–Kier alpha value is -2.18. The SMILES string of the molecule is CN(CCC(=O)O)c1ncnc2[nH]ncc12. The molecule has 0 amide bonds. The Morgan fingerprint density at radius 2 is 2.38 bits per heavy atom. The summed E-state index contributed by atoms with van der Waals surface area (Å²) in [5, 5.41) is 16.0. The predicted molar refractivity (Wildman–Crippen MR) is 57.2 cm³/mol. The summed E-state index contributed by atoms with van der Waals surface area (Å²) in [5.41, 5.74) is 0.646. The second-order valence-corrected chi connectivity index (χ2v) is 3.39. The summed E-state index contributed by atoms with van der Waals surface area (Å²) in [6.07, 6.45) is 3.12. The molecular formula is C9H11N5O2. The number of anilines is 1. The van der Waals surface area contributed by atoms with Crippen molar-refractivity contribution in [3.8, 4) is 0 Å². The van der Waals surface area contributed by atoms with Crippen LogP contribution >= 0.6 is 0 Å². The largest absolute Gasteiger partial charge is 0.481 e. The molecule has 0 aromatic carbocycles. The number of carboxylic acids is 1. The number of nitrogens with zero attached hydrogens (tertiary/aromatic N) is 4. The van der Waals surface area contributed by atoms with Crippen LogP contribution in [0.1, 0.15) is 6.42 Å². The van der Waals surface area contributed by atoms with Crippen LogP contribution in [0.5, 0.6) is 0 Å². The van der Waals surface area contributed by atoms with Crippen LogP contribution < -0.4 is 4.90 Å². The Bertz CT molecular complexity index is 509. The zero-order valence-electron chi connectivity index (χ0n) is 8.71. The van der Waals surface area contributed by atoms with Crippen molar-refractivity contribution >= 4 is 22.8 Å². The molecule has 0 saturated heterocycles. The maximum Gasteiger partial charge on any atom is 0.305 e. The first-order valence-electron chi connectivity index (χ1n) is 4.75. The smallest absolute Gasteiger partial charge is 0.305 e. The third kappa shape index (κ3) is 1.92. The highest BCUT2D eigenvalue weighted by atomic mass is 16.4. The average Bonchev–Trinajstić information content (AvgIpc) is 2.73. The minimum absolute atomic E-state index is 0.0693. The van der Waals surface area contributed by atoms with Crippen molar-refractivity contribution in [3.63, 3.8) is 0 Å². The quantitative estimate of drug-likeness (QED) is 0.769. The molecule has 2 aromatic heterocycles. The molecule has 0 unspecified atom stereocenters. The third-order valence-electron chi connectivity index (χ3n) is 2.25. The van der Waals surface area contributed by atoms with E-state index >= 15 is 0 Å². The van der Waals surface area contributed by atoms with E-state index in [0.717, 1.165) is 5.39 Å². The average molecular weight is 221 g/mol.